The zero-order chi connectivity index (χ0) is 12.7. The number of benzene rings is 1. The minimum Gasteiger partial charge on any atom is -0.503 e. The molecule has 0 bridgehead atoms. The molecule has 4 nitrogen and oxygen atoms in total. The lowest BCUT2D eigenvalue weighted by Gasteiger charge is -2.11. The van der Waals surface area contributed by atoms with Crippen molar-refractivity contribution in [3.05, 3.63) is 16.9 Å². The van der Waals surface area contributed by atoms with Crippen molar-refractivity contribution in [3.63, 3.8) is 0 Å². The molecule has 0 atom stereocenters. The molecule has 7 heteroatoms. The summed E-state index contributed by atoms with van der Waals surface area (Å²) in [6, 6.07) is 0.590. The second-order valence-corrected chi connectivity index (χ2v) is 6.31. The van der Waals surface area contributed by atoms with E-state index >= 15 is 0 Å². The summed E-state index contributed by atoms with van der Waals surface area (Å²) in [6.07, 6.45) is 0. The summed E-state index contributed by atoms with van der Waals surface area (Å²) in [7, 11) is -3.81. The summed E-state index contributed by atoms with van der Waals surface area (Å²) in [5, 5.41) is 16.9. The van der Waals surface area contributed by atoms with Crippen LogP contribution in [0.2, 0.25) is 5.02 Å². The van der Waals surface area contributed by atoms with Crippen LogP contribution in [0.1, 0.15) is 13.8 Å². The van der Waals surface area contributed by atoms with Crippen LogP contribution in [0.25, 0.3) is 0 Å². The third-order valence-corrected chi connectivity index (χ3v) is 4.73. The van der Waals surface area contributed by atoms with Crippen molar-refractivity contribution in [1.82, 2.24) is 0 Å². The molecule has 0 aliphatic carbocycles. The van der Waals surface area contributed by atoms with Crippen molar-refractivity contribution in [2.45, 2.75) is 24.0 Å². The van der Waals surface area contributed by atoms with Crippen molar-refractivity contribution in [2.75, 3.05) is 0 Å². The Kier molecular flexibility index (Phi) is 3.35. The Morgan fingerprint density at radius 2 is 1.81 bits per heavy atom. The van der Waals surface area contributed by atoms with Crippen molar-refractivity contribution < 1.29 is 23.0 Å². The molecule has 90 valence electrons. The van der Waals surface area contributed by atoms with Gasteiger partial charge in [0, 0.05) is 0 Å². The maximum atomic E-state index is 13.1. The van der Waals surface area contributed by atoms with E-state index in [4.69, 9.17) is 16.7 Å². The SMILES string of the molecule is CC(C)S(=O)(=O)c1cc(F)c(O)c(O)c1Cl. The van der Waals surface area contributed by atoms with Crippen LogP contribution < -0.4 is 0 Å². The van der Waals surface area contributed by atoms with Gasteiger partial charge in [0.2, 0.25) is 0 Å². The average Bonchev–Trinajstić information content (AvgIpc) is 2.19. The van der Waals surface area contributed by atoms with Gasteiger partial charge in [-0.05, 0) is 19.9 Å². The summed E-state index contributed by atoms with van der Waals surface area (Å²) in [4.78, 5) is -0.531. The summed E-state index contributed by atoms with van der Waals surface area (Å²) in [5.74, 6) is -3.27. The normalized spacial score (nSPS) is 12.1. The predicted octanol–water partition coefficient (Wildman–Crippen LogP) is 2.07. The molecule has 0 fully saturated rings. The van der Waals surface area contributed by atoms with E-state index in [9.17, 15) is 17.9 Å². The Morgan fingerprint density at radius 1 is 1.31 bits per heavy atom. The zero-order valence-corrected chi connectivity index (χ0v) is 10.1. The quantitative estimate of drug-likeness (QED) is 0.805. The number of hydrogen-bond donors (Lipinski definition) is 2. The third-order valence-electron chi connectivity index (χ3n) is 2.06. The average molecular weight is 269 g/mol. The van der Waals surface area contributed by atoms with E-state index < -0.39 is 42.3 Å². The van der Waals surface area contributed by atoms with Crippen LogP contribution in [0.4, 0.5) is 4.39 Å². The minimum absolute atomic E-state index is 0.531. The van der Waals surface area contributed by atoms with E-state index in [1.54, 1.807) is 0 Å². The number of phenolic OH excluding ortho intramolecular Hbond substituents is 2. The maximum absolute atomic E-state index is 13.1. The van der Waals surface area contributed by atoms with Crippen LogP contribution in [-0.2, 0) is 9.84 Å². The second kappa shape index (κ2) is 4.10. The molecular formula is C9H10ClFO4S. The van der Waals surface area contributed by atoms with Gasteiger partial charge in [-0.3, -0.25) is 0 Å². The highest BCUT2D eigenvalue weighted by Crippen LogP contribution is 2.40. The minimum atomic E-state index is -3.81. The van der Waals surface area contributed by atoms with Crippen LogP contribution >= 0.6 is 11.6 Å². The van der Waals surface area contributed by atoms with Crippen LogP contribution in [0.15, 0.2) is 11.0 Å². The first-order chi connectivity index (χ1) is 7.19. The fourth-order valence-electron chi connectivity index (χ4n) is 1.04. The molecule has 2 N–H and O–H groups in total. The van der Waals surface area contributed by atoms with E-state index in [-0.39, 0.29) is 0 Å². The van der Waals surface area contributed by atoms with Crippen LogP contribution in [0.3, 0.4) is 0 Å². The third kappa shape index (κ3) is 1.94. The Bertz CT molecular complexity index is 525. The van der Waals surface area contributed by atoms with Gasteiger partial charge in [-0.1, -0.05) is 11.6 Å². The van der Waals surface area contributed by atoms with Gasteiger partial charge in [0.05, 0.1) is 10.1 Å². The lowest BCUT2D eigenvalue weighted by Crippen LogP contribution is -2.14. The van der Waals surface area contributed by atoms with Crippen molar-refractivity contribution in [1.29, 1.82) is 0 Å². The summed E-state index contributed by atoms with van der Waals surface area (Å²) in [5.41, 5.74) is 0. The molecule has 0 saturated carbocycles. The van der Waals surface area contributed by atoms with E-state index in [1.165, 1.54) is 13.8 Å². The molecule has 0 aromatic heterocycles. The van der Waals surface area contributed by atoms with Crippen LogP contribution in [0, 0.1) is 5.82 Å². The Hall–Kier alpha value is -1.01. The smallest absolute Gasteiger partial charge is 0.195 e. The molecule has 0 spiro atoms. The maximum Gasteiger partial charge on any atom is 0.195 e. The zero-order valence-electron chi connectivity index (χ0n) is 8.53. The van der Waals surface area contributed by atoms with Gasteiger partial charge in [-0.25, -0.2) is 12.8 Å². The fourth-order valence-corrected chi connectivity index (χ4v) is 2.63. The molecule has 1 aromatic rings. The monoisotopic (exact) mass is 268 g/mol. The van der Waals surface area contributed by atoms with E-state index in [0.29, 0.717) is 6.07 Å². The first-order valence-corrected chi connectivity index (χ1v) is 6.25. The van der Waals surface area contributed by atoms with Crippen molar-refractivity contribution in [2.24, 2.45) is 0 Å². The number of sulfone groups is 1. The van der Waals surface area contributed by atoms with E-state index in [2.05, 4.69) is 0 Å². The molecule has 0 aliphatic rings. The second-order valence-electron chi connectivity index (χ2n) is 3.46. The number of rotatable bonds is 2. The number of phenols is 2. The van der Waals surface area contributed by atoms with Crippen LogP contribution in [0.5, 0.6) is 11.5 Å². The number of halogens is 2. The number of hydrogen-bond acceptors (Lipinski definition) is 4. The van der Waals surface area contributed by atoms with Gasteiger partial charge < -0.3 is 10.2 Å². The van der Waals surface area contributed by atoms with Gasteiger partial charge in [0.15, 0.2) is 27.2 Å². The molecule has 0 heterocycles. The molecule has 0 amide bonds. The van der Waals surface area contributed by atoms with Gasteiger partial charge in [0.1, 0.15) is 5.02 Å². The van der Waals surface area contributed by atoms with Gasteiger partial charge in [-0.15, -0.1) is 0 Å². The highest BCUT2D eigenvalue weighted by molar-refractivity contribution is 7.92. The molecule has 0 saturated heterocycles. The van der Waals surface area contributed by atoms with Crippen molar-refractivity contribution >= 4 is 21.4 Å². The Labute approximate surface area is 97.2 Å². The summed E-state index contributed by atoms with van der Waals surface area (Å²) >= 11 is 5.54. The first kappa shape index (κ1) is 13.1. The molecular weight excluding hydrogens is 259 g/mol. The molecule has 0 unspecified atom stereocenters. The Balaban J connectivity index is 3.61. The standard InChI is InChI=1S/C9H10ClFO4S/c1-4(2)16(14,15)6-3-5(11)8(12)9(13)7(6)10/h3-4,12-13H,1-2H3. The first-order valence-electron chi connectivity index (χ1n) is 4.33. The predicted molar refractivity (Wildman–Crippen MR) is 57.1 cm³/mol. The molecule has 1 aromatic carbocycles. The molecule has 1 rings (SSSR count). The summed E-state index contributed by atoms with van der Waals surface area (Å²) in [6.45, 7) is 2.79. The van der Waals surface area contributed by atoms with Crippen molar-refractivity contribution in [3.8, 4) is 11.5 Å². The fraction of sp³-hybridized carbons (Fsp3) is 0.333. The van der Waals surface area contributed by atoms with Crippen LogP contribution in [-0.4, -0.2) is 23.9 Å². The Morgan fingerprint density at radius 3 is 2.25 bits per heavy atom. The lowest BCUT2D eigenvalue weighted by molar-refractivity contribution is 0.377. The summed E-state index contributed by atoms with van der Waals surface area (Å²) < 4.78 is 36.5. The highest BCUT2D eigenvalue weighted by atomic mass is 35.5. The largest absolute Gasteiger partial charge is 0.503 e. The molecule has 16 heavy (non-hydrogen) atoms. The van der Waals surface area contributed by atoms with E-state index in [0.717, 1.165) is 0 Å². The topological polar surface area (TPSA) is 74.6 Å². The van der Waals surface area contributed by atoms with E-state index in [1.807, 2.05) is 0 Å². The number of aromatic hydroxyl groups is 2. The molecule has 0 radical (unpaired) electrons. The van der Waals surface area contributed by atoms with Gasteiger partial charge in [-0.2, -0.15) is 0 Å². The van der Waals surface area contributed by atoms with Gasteiger partial charge >= 0.3 is 0 Å². The molecule has 0 aliphatic heterocycles. The lowest BCUT2D eigenvalue weighted by atomic mass is 10.3. The van der Waals surface area contributed by atoms with Gasteiger partial charge in [0.25, 0.3) is 0 Å². The highest BCUT2D eigenvalue weighted by Gasteiger charge is 2.27.